The number of hydrogen-bond donors (Lipinski definition) is 2. The van der Waals surface area contributed by atoms with Crippen LogP contribution in [0.1, 0.15) is 6.92 Å². The van der Waals surface area contributed by atoms with Crippen LogP contribution in [0.4, 0.5) is 0 Å². The van der Waals surface area contributed by atoms with Crippen molar-refractivity contribution in [1.29, 1.82) is 10.8 Å². The van der Waals surface area contributed by atoms with Crippen molar-refractivity contribution in [1.82, 2.24) is 0 Å². The zero-order valence-electron chi connectivity index (χ0n) is 7.33. The molecule has 4 nitrogen and oxygen atoms in total. The highest BCUT2D eigenvalue weighted by molar-refractivity contribution is 8.06. The molecule has 0 amide bonds. The van der Waals surface area contributed by atoms with E-state index in [9.17, 15) is 0 Å². The van der Waals surface area contributed by atoms with E-state index in [0.717, 1.165) is 17.4 Å². The molecule has 0 spiro atoms. The molecule has 13 heavy (non-hydrogen) atoms. The summed E-state index contributed by atoms with van der Waals surface area (Å²) >= 11 is 4.18. The molecule has 0 aliphatic carbocycles. The van der Waals surface area contributed by atoms with Crippen LogP contribution in [-0.4, -0.2) is 34.7 Å². The Balaban J connectivity index is 0. The average molecular weight is 220 g/mol. The van der Waals surface area contributed by atoms with Gasteiger partial charge in [-0.25, -0.2) is 20.4 Å². The van der Waals surface area contributed by atoms with Crippen LogP contribution in [-0.2, 0) is 9.59 Å². The highest BCUT2D eigenvalue weighted by atomic mass is 32.2. The van der Waals surface area contributed by atoms with Gasteiger partial charge in [0.15, 0.2) is 0 Å². The molecule has 1 aliphatic rings. The van der Waals surface area contributed by atoms with Gasteiger partial charge in [0.1, 0.15) is 0 Å². The van der Waals surface area contributed by atoms with Gasteiger partial charge in [0.25, 0.3) is 0 Å². The zero-order chi connectivity index (χ0) is 10.5. The van der Waals surface area contributed by atoms with Gasteiger partial charge in [-0.1, -0.05) is 6.92 Å². The van der Waals surface area contributed by atoms with Crippen molar-refractivity contribution in [2.75, 3.05) is 17.3 Å². The summed E-state index contributed by atoms with van der Waals surface area (Å²) in [6, 6.07) is 0. The fourth-order valence-electron chi connectivity index (χ4n) is 0.606. The topological polar surface area (TPSA) is 81.8 Å². The van der Waals surface area contributed by atoms with Crippen molar-refractivity contribution >= 4 is 35.7 Å². The van der Waals surface area contributed by atoms with Crippen LogP contribution < -0.4 is 0 Å². The molecule has 1 unspecified atom stereocenters. The molecule has 0 bridgehead atoms. The minimum atomic E-state index is 0.750. The number of thioether (sulfide) groups is 2. The molecule has 2 N–H and O–H groups in total. The minimum absolute atomic E-state index is 0.750. The summed E-state index contributed by atoms with van der Waals surface area (Å²) in [5.41, 5.74) is 0. The Hall–Kier alpha value is -0.540. The van der Waals surface area contributed by atoms with E-state index in [-0.39, 0.29) is 0 Å². The van der Waals surface area contributed by atoms with E-state index in [4.69, 9.17) is 20.4 Å². The molecule has 1 saturated heterocycles. The minimum Gasteiger partial charge on any atom is -0.222 e. The molecule has 0 aromatic carbocycles. The summed E-state index contributed by atoms with van der Waals surface area (Å²) in [5.74, 6) is 4.10. The fourth-order valence-corrected chi connectivity index (χ4v) is 3.04. The number of isocyanates is 2. The lowest BCUT2D eigenvalue weighted by Crippen LogP contribution is -2.08. The molecular formula is C7H12N2O2S2. The van der Waals surface area contributed by atoms with Crippen molar-refractivity contribution < 1.29 is 9.59 Å². The van der Waals surface area contributed by atoms with E-state index < -0.39 is 0 Å². The van der Waals surface area contributed by atoms with Crippen molar-refractivity contribution in [2.24, 2.45) is 0 Å². The van der Waals surface area contributed by atoms with Crippen molar-refractivity contribution in [3.63, 3.8) is 0 Å². The maximum atomic E-state index is 8.35. The van der Waals surface area contributed by atoms with Gasteiger partial charge in [-0.05, 0) is 0 Å². The summed E-state index contributed by atoms with van der Waals surface area (Å²) in [6.45, 7) is 2.30. The van der Waals surface area contributed by atoms with Gasteiger partial charge in [-0.15, -0.1) is 0 Å². The summed E-state index contributed by atoms with van der Waals surface area (Å²) in [6.07, 6.45) is 1.50. The van der Waals surface area contributed by atoms with Gasteiger partial charge < -0.3 is 0 Å². The first-order valence-corrected chi connectivity index (χ1v) is 5.70. The molecule has 1 fully saturated rings. The summed E-state index contributed by atoms with van der Waals surface area (Å²) in [4.78, 5) is 16.7. The molecule has 0 aromatic rings. The SMILES string of the molecule is CC1CSCCS1.N=C=O.N=C=O. The molecule has 1 aliphatic heterocycles. The smallest absolute Gasteiger partial charge is 0.222 e. The third-order valence-corrected chi connectivity index (χ3v) is 3.86. The lowest BCUT2D eigenvalue weighted by Gasteiger charge is -2.15. The summed E-state index contributed by atoms with van der Waals surface area (Å²) < 4.78 is 0. The van der Waals surface area contributed by atoms with Crippen LogP contribution in [0.25, 0.3) is 0 Å². The van der Waals surface area contributed by atoms with E-state index in [2.05, 4.69) is 30.4 Å². The highest BCUT2D eigenvalue weighted by Gasteiger charge is 2.06. The Morgan fingerprint density at radius 2 is 1.69 bits per heavy atom. The number of nitrogens with one attached hydrogen (secondary N) is 2. The fraction of sp³-hybridized carbons (Fsp3) is 0.714. The van der Waals surface area contributed by atoms with Gasteiger partial charge in [0.2, 0.25) is 12.2 Å². The molecule has 6 heteroatoms. The van der Waals surface area contributed by atoms with Gasteiger partial charge in [-0.2, -0.15) is 23.5 Å². The standard InChI is InChI=1S/C5H10S2.2CHNO/c1-5-4-6-2-3-7-5;2*2-1-3/h5H,2-4H2,1H3;2*2H. The second-order valence-electron chi connectivity index (χ2n) is 1.96. The van der Waals surface area contributed by atoms with E-state index >= 15 is 0 Å². The molecule has 1 heterocycles. The quantitative estimate of drug-likeness (QED) is 0.480. The van der Waals surface area contributed by atoms with Gasteiger partial charge in [0.05, 0.1) is 0 Å². The highest BCUT2D eigenvalue weighted by Crippen LogP contribution is 2.22. The molecular weight excluding hydrogens is 208 g/mol. The Bertz CT molecular complexity index is 157. The van der Waals surface area contributed by atoms with Crippen LogP contribution in [0.3, 0.4) is 0 Å². The van der Waals surface area contributed by atoms with E-state index in [1.54, 1.807) is 0 Å². The van der Waals surface area contributed by atoms with Crippen LogP contribution in [0, 0.1) is 10.8 Å². The lowest BCUT2D eigenvalue weighted by atomic mass is 10.6. The Kier molecular flexibility index (Phi) is 16.1. The predicted octanol–water partition coefficient (Wildman–Crippen LogP) is 1.66. The lowest BCUT2D eigenvalue weighted by molar-refractivity contribution is 0.562. The van der Waals surface area contributed by atoms with Crippen LogP contribution >= 0.6 is 23.5 Å². The number of hydrogen-bond acceptors (Lipinski definition) is 6. The molecule has 0 aromatic heterocycles. The Morgan fingerprint density at radius 1 is 1.23 bits per heavy atom. The Labute approximate surface area is 85.9 Å². The second kappa shape index (κ2) is 14.0. The average Bonchev–Trinajstić information content (AvgIpc) is 2.08. The van der Waals surface area contributed by atoms with Crippen LogP contribution in [0.2, 0.25) is 0 Å². The number of carbonyl (C=O) groups excluding carboxylic acids is 2. The third-order valence-electron chi connectivity index (χ3n) is 0.983. The molecule has 74 valence electrons. The van der Waals surface area contributed by atoms with Gasteiger partial charge in [-0.3, -0.25) is 0 Å². The van der Waals surface area contributed by atoms with Crippen LogP contribution in [0.15, 0.2) is 0 Å². The maximum absolute atomic E-state index is 8.35. The van der Waals surface area contributed by atoms with Crippen molar-refractivity contribution in [3.8, 4) is 0 Å². The monoisotopic (exact) mass is 220 g/mol. The first-order valence-electron chi connectivity index (χ1n) is 3.50. The first kappa shape index (κ1) is 15.0. The molecule has 0 saturated carbocycles. The summed E-state index contributed by atoms with van der Waals surface area (Å²) in [7, 11) is 0. The van der Waals surface area contributed by atoms with E-state index in [1.165, 1.54) is 17.3 Å². The normalized spacial score (nSPS) is 19.0. The van der Waals surface area contributed by atoms with Gasteiger partial charge >= 0.3 is 0 Å². The Morgan fingerprint density at radius 3 is 1.85 bits per heavy atom. The first-order chi connectivity index (χ1) is 6.22. The molecule has 1 rings (SSSR count). The van der Waals surface area contributed by atoms with Gasteiger partial charge in [0, 0.05) is 22.5 Å². The zero-order valence-corrected chi connectivity index (χ0v) is 8.96. The molecule has 1 atom stereocenters. The molecule has 0 radical (unpaired) electrons. The van der Waals surface area contributed by atoms with Crippen molar-refractivity contribution in [3.05, 3.63) is 0 Å². The largest absolute Gasteiger partial charge is 0.231 e. The summed E-state index contributed by atoms with van der Waals surface area (Å²) in [5, 5.41) is 11.7. The second-order valence-corrected chi connectivity index (χ2v) is 4.66. The third kappa shape index (κ3) is 18.4. The van der Waals surface area contributed by atoms with Crippen LogP contribution in [0.5, 0.6) is 0 Å². The maximum Gasteiger partial charge on any atom is 0.231 e. The predicted molar refractivity (Wildman–Crippen MR) is 56.1 cm³/mol. The van der Waals surface area contributed by atoms with E-state index in [0.29, 0.717) is 0 Å². The van der Waals surface area contributed by atoms with Crippen molar-refractivity contribution in [2.45, 2.75) is 12.2 Å². The van der Waals surface area contributed by atoms with E-state index in [1.807, 2.05) is 0 Å². The number of rotatable bonds is 0.